The molecule has 4 rings (SSSR count). The SMILES string of the molecule is CCCN1CCN(c2nc(C)nc(Nc3ncc(CNc4c(C)cc(C)cc4C)s3)n2)CC1. The summed E-state index contributed by atoms with van der Waals surface area (Å²) in [6.45, 7) is 16.4. The van der Waals surface area contributed by atoms with Gasteiger partial charge in [-0.1, -0.05) is 36.0 Å². The summed E-state index contributed by atoms with van der Waals surface area (Å²) in [5.74, 6) is 2.00. The van der Waals surface area contributed by atoms with E-state index in [-0.39, 0.29) is 0 Å². The van der Waals surface area contributed by atoms with E-state index in [0.29, 0.717) is 11.8 Å². The van der Waals surface area contributed by atoms with E-state index in [1.54, 1.807) is 11.3 Å². The normalized spacial score (nSPS) is 14.5. The summed E-state index contributed by atoms with van der Waals surface area (Å²) in [5, 5.41) is 7.63. The first-order valence-electron chi connectivity index (χ1n) is 11.6. The summed E-state index contributed by atoms with van der Waals surface area (Å²) in [4.78, 5) is 24.2. The number of nitrogens with zero attached hydrogens (tertiary/aromatic N) is 6. The van der Waals surface area contributed by atoms with Gasteiger partial charge in [0.2, 0.25) is 11.9 Å². The zero-order valence-corrected chi connectivity index (χ0v) is 21.1. The van der Waals surface area contributed by atoms with Crippen molar-refractivity contribution in [3.8, 4) is 0 Å². The quantitative estimate of drug-likeness (QED) is 0.504. The minimum atomic E-state index is 0.549. The van der Waals surface area contributed by atoms with E-state index in [1.165, 1.54) is 28.8 Å². The lowest BCUT2D eigenvalue weighted by Crippen LogP contribution is -2.47. The van der Waals surface area contributed by atoms with Crippen molar-refractivity contribution in [3.63, 3.8) is 0 Å². The van der Waals surface area contributed by atoms with Crippen molar-refractivity contribution in [3.05, 3.63) is 45.7 Å². The van der Waals surface area contributed by atoms with Crippen molar-refractivity contribution in [1.29, 1.82) is 0 Å². The number of hydrogen-bond acceptors (Lipinski definition) is 9. The molecule has 3 heterocycles. The Bertz CT molecular complexity index is 1060. The molecule has 9 heteroatoms. The predicted molar refractivity (Wildman–Crippen MR) is 137 cm³/mol. The Morgan fingerprint density at radius 1 is 0.970 bits per heavy atom. The fraction of sp³-hybridized carbons (Fsp3) is 0.500. The lowest BCUT2D eigenvalue weighted by molar-refractivity contribution is 0.257. The maximum atomic E-state index is 4.68. The lowest BCUT2D eigenvalue weighted by atomic mass is 10.1. The van der Waals surface area contributed by atoms with E-state index in [9.17, 15) is 0 Å². The van der Waals surface area contributed by atoms with Crippen molar-refractivity contribution in [2.45, 2.75) is 47.6 Å². The van der Waals surface area contributed by atoms with Crippen LogP contribution in [0, 0.1) is 27.7 Å². The zero-order chi connectivity index (χ0) is 23.4. The van der Waals surface area contributed by atoms with Crippen molar-refractivity contribution in [2.75, 3.05) is 48.3 Å². The lowest BCUT2D eigenvalue weighted by Gasteiger charge is -2.34. The van der Waals surface area contributed by atoms with Crippen molar-refractivity contribution >= 4 is 34.1 Å². The molecule has 2 aromatic heterocycles. The van der Waals surface area contributed by atoms with E-state index in [0.717, 1.165) is 55.2 Å². The number of nitrogens with one attached hydrogen (secondary N) is 2. The molecule has 3 aromatic rings. The van der Waals surface area contributed by atoms with Gasteiger partial charge in [-0.05, 0) is 51.8 Å². The number of aromatic nitrogens is 4. The average molecular weight is 467 g/mol. The fourth-order valence-electron chi connectivity index (χ4n) is 4.33. The van der Waals surface area contributed by atoms with Gasteiger partial charge in [0.1, 0.15) is 5.82 Å². The highest BCUT2D eigenvalue weighted by molar-refractivity contribution is 7.15. The molecule has 1 aromatic carbocycles. The number of hydrogen-bond donors (Lipinski definition) is 2. The third kappa shape index (κ3) is 5.97. The number of benzene rings is 1. The Morgan fingerprint density at radius 3 is 2.39 bits per heavy atom. The first-order valence-corrected chi connectivity index (χ1v) is 12.5. The van der Waals surface area contributed by atoms with Gasteiger partial charge in [0.15, 0.2) is 5.13 Å². The van der Waals surface area contributed by atoms with Crippen LogP contribution in [0.2, 0.25) is 0 Å². The fourth-order valence-corrected chi connectivity index (χ4v) is 5.08. The third-order valence-corrected chi connectivity index (χ3v) is 6.73. The molecule has 0 spiro atoms. The van der Waals surface area contributed by atoms with E-state index in [2.05, 4.69) is 80.2 Å². The second-order valence-electron chi connectivity index (χ2n) is 8.72. The molecule has 176 valence electrons. The smallest absolute Gasteiger partial charge is 0.234 e. The van der Waals surface area contributed by atoms with Gasteiger partial charge >= 0.3 is 0 Å². The summed E-state index contributed by atoms with van der Waals surface area (Å²) in [6, 6.07) is 4.42. The molecule has 8 nitrogen and oxygen atoms in total. The van der Waals surface area contributed by atoms with Gasteiger partial charge in [-0.25, -0.2) is 4.98 Å². The number of piperazine rings is 1. The molecule has 0 saturated carbocycles. The maximum Gasteiger partial charge on any atom is 0.234 e. The number of anilines is 4. The summed E-state index contributed by atoms with van der Waals surface area (Å²) < 4.78 is 0. The van der Waals surface area contributed by atoms with Crippen LogP contribution in [0.25, 0.3) is 0 Å². The van der Waals surface area contributed by atoms with Crippen LogP contribution in [0.5, 0.6) is 0 Å². The highest BCUT2D eigenvalue weighted by Gasteiger charge is 2.19. The number of aryl methyl sites for hydroxylation is 4. The molecule has 0 bridgehead atoms. The highest BCUT2D eigenvalue weighted by Crippen LogP contribution is 2.26. The predicted octanol–water partition coefficient (Wildman–Crippen LogP) is 4.45. The Hall–Kier alpha value is -2.78. The summed E-state index contributed by atoms with van der Waals surface area (Å²) in [7, 11) is 0. The topological polar surface area (TPSA) is 82.1 Å². The van der Waals surface area contributed by atoms with E-state index in [1.807, 2.05) is 13.1 Å². The molecular formula is C24H34N8S. The molecule has 2 N–H and O–H groups in total. The van der Waals surface area contributed by atoms with Crippen LogP contribution in [0.15, 0.2) is 18.3 Å². The van der Waals surface area contributed by atoms with Crippen molar-refractivity contribution in [1.82, 2.24) is 24.8 Å². The third-order valence-electron chi connectivity index (χ3n) is 5.82. The van der Waals surface area contributed by atoms with Gasteiger partial charge < -0.3 is 10.2 Å². The molecule has 0 atom stereocenters. The van der Waals surface area contributed by atoms with Gasteiger partial charge in [0, 0.05) is 42.9 Å². The van der Waals surface area contributed by atoms with Crippen LogP contribution in [-0.4, -0.2) is 57.6 Å². The highest BCUT2D eigenvalue weighted by atomic mass is 32.1. The van der Waals surface area contributed by atoms with Gasteiger partial charge in [0.05, 0.1) is 6.54 Å². The van der Waals surface area contributed by atoms with Crippen LogP contribution in [0.4, 0.5) is 22.7 Å². The van der Waals surface area contributed by atoms with Gasteiger partial charge in [-0.3, -0.25) is 10.2 Å². The van der Waals surface area contributed by atoms with Gasteiger partial charge in [0.25, 0.3) is 0 Å². The van der Waals surface area contributed by atoms with Crippen LogP contribution < -0.4 is 15.5 Å². The first-order chi connectivity index (χ1) is 15.9. The standard InChI is InChI=1S/C24H34N8S/c1-6-7-31-8-10-32(11-9-31)23-28-19(5)27-22(29-23)30-24-26-15-20(33-24)14-25-21-17(3)12-16(2)13-18(21)4/h12-13,15,25H,6-11,14H2,1-5H3,(H,26,27,28,29,30). The summed E-state index contributed by atoms with van der Waals surface area (Å²) >= 11 is 1.61. The zero-order valence-electron chi connectivity index (χ0n) is 20.3. The van der Waals surface area contributed by atoms with E-state index >= 15 is 0 Å². The molecule has 0 radical (unpaired) electrons. The van der Waals surface area contributed by atoms with Crippen LogP contribution in [-0.2, 0) is 6.54 Å². The molecule has 0 amide bonds. The maximum absolute atomic E-state index is 4.68. The van der Waals surface area contributed by atoms with Crippen molar-refractivity contribution < 1.29 is 0 Å². The second-order valence-corrected chi connectivity index (χ2v) is 9.83. The minimum Gasteiger partial charge on any atom is -0.380 e. The summed E-state index contributed by atoms with van der Waals surface area (Å²) in [5.41, 5.74) is 5.01. The number of thiazole rings is 1. The Kier molecular flexibility index (Phi) is 7.39. The molecule has 1 saturated heterocycles. The Balaban J connectivity index is 1.39. The molecule has 1 fully saturated rings. The molecule has 1 aliphatic rings. The second kappa shape index (κ2) is 10.4. The molecule has 0 unspecified atom stereocenters. The molecule has 33 heavy (non-hydrogen) atoms. The van der Waals surface area contributed by atoms with Gasteiger partial charge in [-0.15, -0.1) is 0 Å². The van der Waals surface area contributed by atoms with E-state index < -0.39 is 0 Å². The van der Waals surface area contributed by atoms with Gasteiger partial charge in [-0.2, -0.15) is 15.0 Å². The van der Waals surface area contributed by atoms with Crippen LogP contribution >= 0.6 is 11.3 Å². The first kappa shape index (κ1) is 23.4. The van der Waals surface area contributed by atoms with Crippen LogP contribution in [0.3, 0.4) is 0 Å². The average Bonchev–Trinajstić information content (AvgIpc) is 3.20. The van der Waals surface area contributed by atoms with Crippen LogP contribution in [0.1, 0.15) is 40.7 Å². The monoisotopic (exact) mass is 466 g/mol. The Morgan fingerprint density at radius 2 is 1.70 bits per heavy atom. The summed E-state index contributed by atoms with van der Waals surface area (Å²) in [6.07, 6.45) is 3.09. The van der Waals surface area contributed by atoms with E-state index in [4.69, 9.17) is 0 Å². The van der Waals surface area contributed by atoms with Crippen molar-refractivity contribution in [2.24, 2.45) is 0 Å². The largest absolute Gasteiger partial charge is 0.380 e. The minimum absolute atomic E-state index is 0.549. The molecular weight excluding hydrogens is 432 g/mol. The molecule has 1 aliphatic heterocycles. The molecule has 0 aliphatic carbocycles. The Labute approximate surface area is 200 Å². The number of rotatable bonds is 8.